The average Bonchev–Trinajstić information content (AvgIpc) is 2.74. The van der Waals surface area contributed by atoms with E-state index >= 15 is 0 Å². The van der Waals surface area contributed by atoms with Crippen LogP contribution >= 0.6 is 0 Å². The van der Waals surface area contributed by atoms with Gasteiger partial charge in [-0.1, -0.05) is 20.8 Å². The highest BCUT2D eigenvalue weighted by Crippen LogP contribution is 2.14. The van der Waals surface area contributed by atoms with Crippen molar-refractivity contribution < 1.29 is 0 Å². The second kappa shape index (κ2) is 6.04. The maximum atomic E-state index is 4.33. The monoisotopic (exact) mass is 223 g/mol. The number of rotatable bonds is 7. The molecule has 0 amide bonds. The minimum atomic E-state index is 0.251. The van der Waals surface area contributed by atoms with Crippen molar-refractivity contribution in [2.45, 2.75) is 65.6 Å². The predicted molar refractivity (Wildman–Crippen MR) is 68.3 cm³/mol. The molecule has 0 bridgehead atoms. The van der Waals surface area contributed by atoms with Crippen molar-refractivity contribution in [2.75, 3.05) is 0 Å². The van der Waals surface area contributed by atoms with Gasteiger partial charge >= 0.3 is 0 Å². The predicted octanol–water partition coefficient (Wildman–Crippen LogP) is 2.96. The van der Waals surface area contributed by atoms with Crippen LogP contribution in [0.2, 0.25) is 0 Å². The Morgan fingerprint density at radius 2 is 2.00 bits per heavy atom. The molecule has 1 aromatic heterocycles. The van der Waals surface area contributed by atoms with Gasteiger partial charge in [-0.15, -0.1) is 0 Å². The van der Waals surface area contributed by atoms with Gasteiger partial charge in [0.25, 0.3) is 0 Å². The average molecular weight is 223 g/mol. The van der Waals surface area contributed by atoms with E-state index in [0.717, 1.165) is 32.4 Å². The van der Waals surface area contributed by atoms with E-state index in [-0.39, 0.29) is 5.54 Å². The zero-order chi connectivity index (χ0) is 12.0. The Bertz CT molecular complexity index is 300. The van der Waals surface area contributed by atoms with E-state index in [1.54, 1.807) is 0 Å². The molecule has 1 heterocycles. The van der Waals surface area contributed by atoms with Gasteiger partial charge in [0, 0.05) is 24.8 Å². The smallest absolute Gasteiger partial charge is 0.0522 e. The third kappa shape index (κ3) is 3.34. The van der Waals surface area contributed by atoms with Gasteiger partial charge in [-0.2, -0.15) is 5.10 Å². The zero-order valence-corrected chi connectivity index (χ0v) is 11.1. The Balaban J connectivity index is 2.56. The van der Waals surface area contributed by atoms with Gasteiger partial charge in [0.05, 0.1) is 5.69 Å². The van der Waals surface area contributed by atoms with Crippen molar-refractivity contribution in [3.63, 3.8) is 0 Å². The van der Waals surface area contributed by atoms with Crippen molar-refractivity contribution in [2.24, 2.45) is 0 Å². The molecule has 0 aliphatic carbocycles. The highest BCUT2D eigenvalue weighted by molar-refractivity contribution is 5.01. The fourth-order valence-corrected chi connectivity index (χ4v) is 1.73. The molecule has 16 heavy (non-hydrogen) atoms. The summed E-state index contributed by atoms with van der Waals surface area (Å²) in [6.07, 6.45) is 5.34. The number of nitrogens with one attached hydrogen (secondary N) is 1. The fraction of sp³-hybridized carbons (Fsp3) is 0.769. The lowest BCUT2D eigenvalue weighted by Crippen LogP contribution is -2.40. The molecule has 0 spiro atoms. The van der Waals surface area contributed by atoms with E-state index in [2.05, 4.69) is 48.9 Å². The Hall–Kier alpha value is -0.830. The van der Waals surface area contributed by atoms with Crippen molar-refractivity contribution in [1.82, 2.24) is 15.1 Å². The molecule has 3 nitrogen and oxygen atoms in total. The lowest BCUT2D eigenvalue weighted by atomic mass is 9.95. The Morgan fingerprint density at radius 3 is 2.56 bits per heavy atom. The lowest BCUT2D eigenvalue weighted by Gasteiger charge is -2.28. The molecule has 0 aliphatic rings. The third-order valence-corrected chi connectivity index (χ3v) is 3.50. The summed E-state index contributed by atoms with van der Waals surface area (Å²) in [5.74, 6) is 0. The summed E-state index contributed by atoms with van der Waals surface area (Å²) in [6, 6.07) is 2.11. The number of hydrogen-bond acceptors (Lipinski definition) is 2. The molecule has 0 unspecified atom stereocenters. The quantitative estimate of drug-likeness (QED) is 0.770. The first-order valence-electron chi connectivity index (χ1n) is 6.41. The van der Waals surface area contributed by atoms with Gasteiger partial charge in [-0.3, -0.25) is 4.68 Å². The Kier molecular flexibility index (Phi) is 5.00. The van der Waals surface area contributed by atoms with Crippen LogP contribution in [0.5, 0.6) is 0 Å². The van der Waals surface area contributed by atoms with Crippen LogP contribution in [0.1, 0.15) is 52.7 Å². The molecule has 0 aliphatic heterocycles. The van der Waals surface area contributed by atoms with Crippen molar-refractivity contribution >= 4 is 0 Å². The van der Waals surface area contributed by atoms with Gasteiger partial charge in [0.15, 0.2) is 0 Å². The van der Waals surface area contributed by atoms with Crippen molar-refractivity contribution in [3.05, 3.63) is 18.0 Å². The van der Waals surface area contributed by atoms with Crippen LogP contribution in [0.25, 0.3) is 0 Å². The van der Waals surface area contributed by atoms with Crippen LogP contribution in [-0.2, 0) is 13.1 Å². The van der Waals surface area contributed by atoms with E-state index in [0.29, 0.717) is 0 Å². The van der Waals surface area contributed by atoms with Gasteiger partial charge in [-0.25, -0.2) is 0 Å². The zero-order valence-electron chi connectivity index (χ0n) is 11.1. The van der Waals surface area contributed by atoms with E-state index < -0.39 is 0 Å². The normalized spacial score (nSPS) is 12.0. The second-order valence-electron chi connectivity index (χ2n) is 4.67. The molecule has 1 N–H and O–H groups in total. The maximum Gasteiger partial charge on any atom is 0.0522 e. The summed E-state index contributed by atoms with van der Waals surface area (Å²) < 4.78 is 2.10. The summed E-state index contributed by atoms with van der Waals surface area (Å²) in [5, 5.41) is 7.97. The lowest BCUT2D eigenvalue weighted by molar-refractivity contribution is 0.324. The number of aromatic nitrogens is 2. The van der Waals surface area contributed by atoms with Crippen LogP contribution in [0, 0.1) is 0 Å². The van der Waals surface area contributed by atoms with Gasteiger partial charge < -0.3 is 5.32 Å². The minimum Gasteiger partial charge on any atom is -0.306 e. The molecule has 0 saturated carbocycles. The SMILES string of the molecule is CCCn1nccc1CNC(C)(CC)CC. The number of hydrogen-bond donors (Lipinski definition) is 1. The molecule has 1 aromatic rings. The van der Waals surface area contributed by atoms with Crippen molar-refractivity contribution in [1.29, 1.82) is 0 Å². The highest BCUT2D eigenvalue weighted by Gasteiger charge is 2.18. The van der Waals surface area contributed by atoms with Crippen LogP contribution in [0.3, 0.4) is 0 Å². The van der Waals surface area contributed by atoms with E-state index in [9.17, 15) is 0 Å². The molecule has 0 aromatic carbocycles. The van der Waals surface area contributed by atoms with E-state index in [4.69, 9.17) is 0 Å². The van der Waals surface area contributed by atoms with Gasteiger partial charge in [0.1, 0.15) is 0 Å². The first kappa shape index (κ1) is 13.2. The molecule has 3 heteroatoms. The largest absolute Gasteiger partial charge is 0.306 e. The molecular weight excluding hydrogens is 198 g/mol. The third-order valence-electron chi connectivity index (χ3n) is 3.50. The van der Waals surface area contributed by atoms with Crippen molar-refractivity contribution in [3.8, 4) is 0 Å². The van der Waals surface area contributed by atoms with E-state index in [1.165, 1.54) is 5.69 Å². The summed E-state index contributed by atoms with van der Waals surface area (Å²) >= 11 is 0. The topological polar surface area (TPSA) is 29.9 Å². The number of nitrogens with zero attached hydrogens (tertiary/aromatic N) is 2. The fourth-order valence-electron chi connectivity index (χ4n) is 1.73. The standard InChI is InChI=1S/C13H25N3/c1-5-10-16-12(8-9-15-16)11-14-13(4,6-2)7-3/h8-9,14H,5-7,10-11H2,1-4H3. The van der Waals surface area contributed by atoms with Crippen LogP contribution < -0.4 is 5.32 Å². The molecule has 0 radical (unpaired) electrons. The first-order valence-corrected chi connectivity index (χ1v) is 6.41. The first-order chi connectivity index (χ1) is 7.65. The molecule has 1 rings (SSSR count). The molecule has 0 atom stereocenters. The minimum absolute atomic E-state index is 0.251. The molecular formula is C13H25N3. The van der Waals surface area contributed by atoms with Crippen LogP contribution in [0.4, 0.5) is 0 Å². The Labute approximate surface area is 99.2 Å². The summed E-state index contributed by atoms with van der Waals surface area (Å²) in [4.78, 5) is 0. The summed E-state index contributed by atoms with van der Waals surface area (Å²) in [5.41, 5.74) is 1.54. The van der Waals surface area contributed by atoms with Gasteiger partial charge in [-0.05, 0) is 32.3 Å². The Morgan fingerprint density at radius 1 is 1.31 bits per heavy atom. The van der Waals surface area contributed by atoms with E-state index in [1.807, 2.05) is 6.20 Å². The maximum absolute atomic E-state index is 4.33. The molecule has 0 fully saturated rings. The highest BCUT2D eigenvalue weighted by atomic mass is 15.3. The summed E-state index contributed by atoms with van der Waals surface area (Å²) in [6.45, 7) is 10.9. The molecule has 92 valence electrons. The number of aryl methyl sites for hydroxylation is 1. The van der Waals surface area contributed by atoms with Crippen LogP contribution in [-0.4, -0.2) is 15.3 Å². The van der Waals surface area contributed by atoms with Gasteiger partial charge in [0.2, 0.25) is 0 Å². The molecule has 0 saturated heterocycles. The summed E-state index contributed by atoms with van der Waals surface area (Å²) in [7, 11) is 0. The van der Waals surface area contributed by atoms with Crippen LogP contribution in [0.15, 0.2) is 12.3 Å². The second-order valence-corrected chi connectivity index (χ2v) is 4.67.